The van der Waals surface area contributed by atoms with Gasteiger partial charge in [-0.25, -0.2) is 0 Å². The Morgan fingerprint density at radius 1 is 1.27 bits per heavy atom. The Kier molecular flexibility index (Phi) is 6.73. The van der Waals surface area contributed by atoms with Crippen molar-refractivity contribution in [2.24, 2.45) is 0 Å². The number of anilines is 1. The molecule has 9 heteroatoms. The van der Waals surface area contributed by atoms with E-state index in [4.69, 9.17) is 4.52 Å². The van der Waals surface area contributed by atoms with Crippen LogP contribution in [0.15, 0.2) is 39.2 Å². The van der Waals surface area contributed by atoms with Crippen LogP contribution in [0.5, 0.6) is 0 Å². The van der Waals surface area contributed by atoms with Crippen LogP contribution in [-0.4, -0.2) is 26.2 Å². The summed E-state index contributed by atoms with van der Waals surface area (Å²) < 4.78 is 5.94. The van der Waals surface area contributed by atoms with E-state index in [9.17, 15) is 4.79 Å². The summed E-state index contributed by atoms with van der Waals surface area (Å²) in [6.07, 6.45) is 2.35. The topological polar surface area (TPSA) is 93.8 Å². The summed E-state index contributed by atoms with van der Waals surface area (Å²) in [6, 6.07) is 10.2. The highest BCUT2D eigenvalue weighted by atomic mass is 32.2. The number of rotatable bonds is 9. The fourth-order valence-electron chi connectivity index (χ4n) is 2.16. The summed E-state index contributed by atoms with van der Waals surface area (Å²) in [5.41, 5.74) is 1.23. The Morgan fingerprint density at radius 2 is 2.12 bits per heavy atom. The zero-order valence-corrected chi connectivity index (χ0v) is 16.0. The molecule has 0 aliphatic carbocycles. The summed E-state index contributed by atoms with van der Waals surface area (Å²) in [6.45, 7) is 1.97. The zero-order chi connectivity index (χ0) is 18.2. The lowest BCUT2D eigenvalue weighted by Gasteiger charge is -1.99. The Labute approximate surface area is 159 Å². The van der Waals surface area contributed by atoms with Crippen LogP contribution in [0.3, 0.4) is 0 Å². The Hall–Kier alpha value is -2.26. The van der Waals surface area contributed by atoms with Gasteiger partial charge in [0.15, 0.2) is 10.2 Å². The van der Waals surface area contributed by atoms with Gasteiger partial charge in [0.2, 0.25) is 16.9 Å². The van der Waals surface area contributed by atoms with Crippen molar-refractivity contribution in [3.8, 4) is 0 Å². The Morgan fingerprint density at radius 3 is 2.88 bits per heavy atom. The summed E-state index contributed by atoms with van der Waals surface area (Å²) >= 11 is 2.99. The molecule has 0 bridgehead atoms. The highest BCUT2D eigenvalue weighted by Crippen LogP contribution is 2.28. The van der Waals surface area contributed by atoms with Crippen LogP contribution in [-0.2, 0) is 23.4 Å². The number of hydrogen-bond acceptors (Lipinski definition) is 8. The molecule has 1 amide bonds. The molecule has 2 heterocycles. The highest BCUT2D eigenvalue weighted by molar-refractivity contribution is 8.00. The summed E-state index contributed by atoms with van der Waals surface area (Å²) in [7, 11) is 0. The van der Waals surface area contributed by atoms with Gasteiger partial charge in [0.05, 0.1) is 0 Å². The fourth-order valence-corrected chi connectivity index (χ4v) is 3.88. The van der Waals surface area contributed by atoms with Gasteiger partial charge < -0.3 is 9.84 Å². The Bertz CT molecular complexity index is 835. The van der Waals surface area contributed by atoms with Crippen LogP contribution < -0.4 is 5.32 Å². The van der Waals surface area contributed by atoms with E-state index in [1.165, 1.54) is 16.9 Å². The molecular weight excluding hydrogens is 370 g/mol. The van der Waals surface area contributed by atoms with Gasteiger partial charge in [-0.2, -0.15) is 4.98 Å². The van der Waals surface area contributed by atoms with Gasteiger partial charge >= 0.3 is 0 Å². The largest absolute Gasteiger partial charge is 0.339 e. The minimum Gasteiger partial charge on any atom is -0.339 e. The van der Waals surface area contributed by atoms with E-state index in [0.29, 0.717) is 36.1 Å². The second-order valence-corrected chi connectivity index (χ2v) is 7.71. The fraction of sp³-hybridized carbons (Fsp3) is 0.353. The number of hydrogen-bond donors (Lipinski definition) is 1. The molecule has 3 aromatic rings. The van der Waals surface area contributed by atoms with Crippen molar-refractivity contribution in [3.63, 3.8) is 0 Å². The van der Waals surface area contributed by atoms with Crippen LogP contribution in [0.25, 0.3) is 0 Å². The maximum atomic E-state index is 12.0. The molecule has 0 aliphatic rings. The number of nitrogens with zero attached hydrogens (tertiary/aromatic N) is 4. The molecule has 0 fully saturated rings. The molecule has 0 saturated carbocycles. The van der Waals surface area contributed by atoms with Crippen LogP contribution in [0, 0.1) is 0 Å². The number of aromatic nitrogens is 4. The molecule has 0 atom stereocenters. The normalized spacial score (nSPS) is 10.8. The molecule has 1 N–H and O–H groups in total. The summed E-state index contributed by atoms with van der Waals surface area (Å²) in [5.74, 6) is 2.01. The molecule has 0 unspecified atom stereocenters. The molecule has 2 aromatic heterocycles. The van der Waals surface area contributed by atoms with Crippen molar-refractivity contribution in [3.05, 3.63) is 47.6 Å². The average molecular weight is 390 g/mol. The smallest absolute Gasteiger partial charge is 0.226 e. The molecule has 3 rings (SSSR count). The molecule has 0 spiro atoms. The first kappa shape index (κ1) is 18.5. The van der Waals surface area contributed by atoms with E-state index in [0.717, 1.165) is 16.5 Å². The Balaban J connectivity index is 1.39. The molecule has 7 nitrogen and oxygen atoms in total. The lowest BCUT2D eigenvalue weighted by Crippen LogP contribution is -2.11. The van der Waals surface area contributed by atoms with Crippen molar-refractivity contribution in [1.29, 1.82) is 0 Å². The molecule has 1 aromatic carbocycles. The monoisotopic (exact) mass is 389 g/mol. The second kappa shape index (κ2) is 9.44. The highest BCUT2D eigenvalue weighted by Gasteiger charge is 2.10. The number of amides is 1. The van der Waals surface area contributed by atoms with Crippen LogP contribution >= 0.6 is 23.1 Å². The van der Waals surface area contributed by atoms with Crippen LogP contribution in [0.2, 0.25) is 0 Å². The van der Waals surface area contributed by atoms with Gasteiger partial charge in [-0.05, 0) is 12.0 Å². The number of aryl methyl sites for hydroxylation is 2. The maximum Gasteiger partial charge on any atom is 0.226 e. The quantitative estimate of drug-likeness (QED) is 0.440. The summed E-state index contributed by atoms with van der Waals surface area (Å²) in [4.78, 5) is 16.2. The first-order valence-electron chi connectivity index (χ1n) is 8.34. The van der Waals surface area contributed by atoms with Gasteiger partial charge in [0, 0.05) is 25.0 Å². The molecular formula is C17H19N5O2S2. The lowest BCUT2D eigenvalue weighted by atomic mass is 10.2. The third-order valence-electron chi connectivity index (χ3n) is 3.48. The molecule has 0 aliphatic heterocycles. The van der Waals surface area contributed by atoms with Crippen molar-refractivity contribution in [2.75, 3.05) is 5.32 Å². The predicted molar refractivity (Wildman–Crippen MR) is 101 cm³/mol. The number of carbonyl (C=O) groups excluding carboxylic acids is 1. The van der Waals surface area contributed by atoms with Crippen molar-refractivity contribution < 1.29 is 9.32 Å². The number of carbonyl (C=O) groups is 1. The first-order valence-corrected chi connectivity index (χ1v) is 10.1. The van der Waals surface area contributed by atoms with Crippen molar-refractivity contribution in [2.45, 2.75) is 42.7 Å². The van der Waals surface area contributed by atoms with E-state index in [2.05, 4.69) is 37.8 Å². The molecule has 0 saturated heterocycles. The number of benzene rings is 1. The van der Waals surface area contributed by atoms with E-state index < -0.39 is 0 Å². The van der Waals surface area contributed by atoms with Gasteiger partial charge in [-0.3, -0.25) is 4.79 Å². The minimum absolute atomic E-state index is 0.0870. The standard InChI is InChI=1S/C17H19N5O2S2/c1-2-13-18-15(24-22-13)10-6-9-14(23)19-16-20-21-17(26-16)25-11-12-7-4-3-5-8-12/h3-5,7-8H,2,6,9-11H2,1H3,(H,19,20,23). The lowest BCUT2D eigenvalue weighted by molar-refractivity contribution is -0.116. The predicted octanol–water partition coefficient (Wildman–Crippen LogP) is 3.74. The second-order valence-electron chi connectivity index (χ2n) is 5.51. The average Bonchev–Trinajstić information content (AvgIpc) is 3.30. The first-order chi connectivity index (χ1) is 12.7. The molecule has 0 radical (unpaired) electrons. The van der Waals surface area contributed by atoms with Crippen LogP contribution in [0.4, 0.5) is 5.13 Å². The third kappa shape index (κ3) is 5.63. The third-order valence-corrected chi connectivity index (χ3v) is 5.52. The van der Waals surface area contributed by atoms with Gasteiger partial charge in [-0.1, -0.05) is 65.5 Å². The van der Waals surface area contributed by atoms with Crippen LogP contribution in [0.1, 0.15) is 37.0 Å². The maximum absolute atomic E-state index is 12.0. The number of thioether (sulfide) groups is 1. The van der Waals surface area contributed by atoms with Gasteiger partial charge in [0.1, 0.15) is 0 Å². The summed E-state index contributed by atoms with van der Waals surface area (Å²) in [5, 5.41) is 15.3. The van der Waals surface area contributed by atoms with Gasteiger partial charge in [-0.15, -0.1) is 10.2 Å². The SMILES string of the molecule is CCc1noc(CCCC(=O)Nc2nnc(SCc3ccccc3)s2)n1. The van der Waals surface area contributed by atoms with E-state index in [-0.39, 0.29) is 5.91 Å². The zero-order valence-electron chi connectivity index (χ0n) is 14.3. The van der Waals surface area contributed by atoms with Crippen molar-refractivity contribution >= 4 is 34.1 Å². The number of nitrogens with one attached hydrogen (secondary N) is 1. The molecule has 26 heavy (non-hydrogen) atoms. The minimum atomic E-state index is -0.0870. The van der Waals surface area contributed by atoms with Gasteiger partial charge in [0.25, 0.3) is 0 Å². The van der Waals surface area contributed by atoms with Crippen molar-refractivity contribution in [1.82, 2.24) is 20.3 Å². The molecule has 136 valence electrons. The van der Waals surface area contributed by atoms with E-state index in [1.807, 2.05) is 25.1 Å². The van der Waals surface area contributed by atoms with E-state index in [1.54, 1.807) is 11.8 Å². The van der Waals surface area contributed by atoms with E-state index >= 15 is 0 Å².